The molecule has 4 nitrogen and oxygen atoms in total. The van der Waals surface area contributed by atoms with Crippen molar-refractivity contribution in [3.8, 4) is 0 Å². The minimum absolute atomic E-state index is 0.173. The maximum atomic E-state index is 10.1. The van der Waals surface area contributed by atoms with E-state index in [4.69, 9.17) is 5.11 Å². The number of hydrogen-bond acceptors (Lipinski definition) is 2. The van der Waals surface area contributed by atoms with Gasteiger partial charge in [-0.05, 0) is 12.1 Å². The molecule has 0 bridgehead atoms. The molecule has 0 saturated carbocycles. The van der Waals surface area contributed by atoms with Crippen LogP contribution in [0.15, 0.2) is 29.5 Å². The van der Waals surface area contributed by atoms with E-state index in [9.17, 15) is 4.79 Å². The highest BCUT2D eigenvalue weighted by Gasteiger charge is 1.89. The zero-order valence-electron chi connectivity index (χ0n) is 6.77. The van der Waals surface area contributed by atoms with Crippen molar-refractivity contribution in [2.24, 2.45) is 12.0 Å². The molecule has 0 unspecified atom stereocenters. The van der Waals surface area contributed by atoms with Crippen LogP contribution in [-0.4, -0.2) is 22.2 Å². The van der Waals surface area contributed by atoms with Gasteiger partial charge in [0.15, 0.2) is 0 Å². The summed E-state index contributed by atoms with van der Waals surface area (Å²) in [6.07, 6.45) is 3.64. The zero-order chi connectivity index (χ0) is 8.97. The van der Waals surface area contributed by atoms with Crippen LogP contribution in [0.5, 0.6) is 0 Å². The average Bonchev–Trinajstić information content (AvgIpc) is 2.03. The third kappa shape index (κ3) is 2.57. The van der Waals surface area contributed by atoms with Gasteiger partial charge in [-0.25, -0.2) is 0 Å². The Kier molecular flexibility index (Phi) is 2.63. The molecular formula is C8H10N2O2. The first-order chi connectivity index (χ1) is 5.68. The molecule has 1 aromatic rings. The molecule has 0 atom stereocenters. The molecule has 64 valence electrons. The molecule has 0 spiro atoms. The normalized spacial score (nSPS) is 9.42. The molecule has 1 aromatic heterocycles. The number of aliphatic carboxylic acids is 1. The Morgan fingerprint density at radius 3 is 2.67 bits per heavy atom. The highest BCUT2D eigenvalue weighted by molar-refractivity contribution is 5.69. The average molecular weight is 166 g/mol. The summed E-state index contributed by atoms with van der Waals surface area (Å²) in [5.74, 6) is -0.914. The van der Waals surface area contributed by atoms with Gasteiger partial charge < -0.3 is 9.67 Å². The fourth-order valence-corrected chi connectivity index (χ4v) is 0.757. The van der Waals surface area contributed by atoms with E-state index in [1.165, 1.54) is 0 Å². The van der Waals surface area contributed by atoms with Gasteiger partial charge in [-0.1, -0.05) is 0 Å². The van der Waals surface area contributed by atoms with E-state index in [2.05, 4.69) is 4.99 Å². The van der Waals surface area contributed by atoms with Crippen molar-refractivity contribution >= 4 is 5.97 Å². The third-order valence-electron chi connectivity index (χ3n) is 1.36. The van der Waals surface area contributed by atoms with Crippen molar-refractivity contribution in [1.82, 2.24) is 4.57 Å². The quantitative estimate of drug-likeness (QED) is 0.672. The molecule has 1 heterocycles. The number of carboxylic acids is 1. The number of rotatable bonds is 2. The molecule has 1 rings (SSSR count). The summed E-state index contributed by atoms with van der Waals surface area (Å²) in [6.45, 7) is -0.173. The minimum atomic E-state index is -0.914. The molecule has 0 radical (unpaired) electrons. The molecule has 0 aliphatic heterocycles. The number of pyridine rings is 1. The van der Waals surface area contributed by atoms with Gasteiger partial charge >= 0.3 is 5.97 Å². The van der Waals surface area contributed by atoms with Gasteiger partial charge in [-0.2, -0.15) is 0 Å². The largest absolute Gasteiger partial charge is 0.480 e. The summed E-state index contributed by atoms with van der Waals surface area (Å²) in [4.78, 5) is 14.0. The molecule has 0 saturated heterocycles. The van der Waals surface area contributed by atoms with Crippen molar-refractivity contribution in [3.05, 3.63) is 29.9 Å². The SMILES string of the molecule is Cn1ccc(=NCC(=O)O)cc1. The summed E-state index contributed by atoms with van der Waals surface area (Å²) >= 11 is 0. The first-order valence-electron chi connectivity index (χ1n) is 3.53. The predicted molar refractivity (Wildman–Crippen MR) is 43.5 cm³/mol. The van der Waals surface area contributed by atoms with Gasteiger partial charge in [0.1, 0.15) is 6.54 Å². The fourth-order valence-electron chi connectivity index (χ4n) is 0.757. The molecule has 1 N–H and O–H groups in total. The molecule has 12 heavy (non-hydrogen) atoms. The van der Waals surface area contributed by atoms with E-state index in [0.717, 1.165) is 0 Å². The lowest BCUT2D eigenvalue weighted by Gasteiger charge is -1.93. The Hall–Kier alpha value is -1.58. The Labute approximate surface area is 69.8 Å². The van der Waals surface area contributed by atoms with Gasteiger partial charge in [0.2, 0.25) is 0 Å². The second-order valence-corrected chi connectivity index (χ2v) is 2.43. The fraction of sp³-hybridized carbons (Fsp3) is 0.250. The number of carboxylic acid groups (broad SMARTS) is 1. The second-order valence-electron chi connectivity index (χ2n) is 2.43. The van der Waals surface area contributed by atoms with Gasteiger partial charge in [-0.15, -0.1) is 0 Å². The molecule has 4 heteroatoms. The monoisotopic (exact) mass is 166 g/mol. The maximum Gasteiger partial charge on any atom is 0.325 e. The standard InChI is InChI=1S/C8H10N2O2/c1-10-4-2-7(3-5-10)9-6-8(11)12/h2-5H,6H2,1H3,(H,11,12). The first-order valence-corrected chi connectivity index (χ1v) is 3.53. The van der Waals surface area contributed by atoms with Crippen LogP contribution in [0.3, 0.4) is 0 Å². The number of aryl methyl sites for hydroxylation is 1. The summed E-state index contributed by atoms with van der Waals surface area (Å²) in [5.41, 5.74) is 0. The van der Waals surface area contributed by atoms with Crippen LogP contribution in [0.4, 0.5) is 0 Å². The zero-order valence-corrected chi connectivity index (χ0v) is 6.77. The highest BCUT2D eigenvalue weighted by Crippen LogP contribution is 1.77. The Bertz CT molecular complexity index is 321. The lowest BCUT2D eigenvalue weighted by atomic mass is 10.4. The van der Waals surface area contributed by atoms with Gasteiger partial charge in [0.25, 0.3) is 0 Å². The Morgan fingerprint density at radius 1 is 1.58 bits per heavy atom. The smallest absolute Gasteiger partial charge is 0.325 e. The van der Waals surface area contributed by atoms with Crippen LogP contribution in [0.1, 0.15) is 0 Å². The minimum Gasteiger partial charge on any atom is -0.480 e. The molecule has 0 fully saturated rings. The Balaban J connectivity index is 2.82. The summed E-state index contributed by atoms with van der Waals surface area (Å²) in [5, 5.41) is 9.02. The molecule has 0 aliphatic carbocycles. The number of nitrogens with zero attached hydrogens (tertiary/aromatic N) is 2. The molecule has 0 aromatic carbocycles. The van der Waals surface area contributed by atoms with Crippen LogP contribution in [-0.2, 0) is 11.8 Å². The van der Waals surface area contributed by atoms with E-state index < -0.39 is 5.97 Å². The van der Waals surface area contributed by atoms with E-state index in [1.54, 1.807) is 12.1 Å². The van der Waals surface area contributed by atoms with E-state index in [-0.39, 0.29) is 6.54 Å². The van der Waals surface area contributed by atoms with Gasteiger partial charge in [0, 0.05) is 19.4 Å². The van der Waals surface area contributed by atoms with Crippen molar-refractivity contribution in [1.29, 1.82) is 0 Å². The van der Waals surface area contributed by atoms with Crippen LogP contribution in [0.2, 0.25) is 0 Å². The number of carbonyl (C=O) groups is 1. The third-order valence-corrected chi connectivity index (χ3v) is 1.36. The predicted octanol–water partition coefficient (Wildman–Crippen LogP) is 0.0104. The maximum absolute atomic E-state index is 10.1. The molecular weight excluding hydrogens is 156 g/mol. The lowest BCUT2D eigenvalue weighted by Crippen LogP contribution is -2.08. The van der Waals surface area contributed by atoms with E-state index in [0.29, 0.717) is 5.36 Å². The highest BCUT2D eigenvalue weighted by atomic mass is 16.4. The van der Waals surface area contributed by atoms with Crippen LogP contribution >= 0.6 is 0 Å². The topological polar surface area (TPSA) is 54.6 Å². The van der Waals surface area contributed by atoms with Gasteiger partial charge in [0.05, 0.1) is 5.36 Å². The molecule has 0 aliphatic rings. The number of hydrogen-bond donors (Lipinski definition) is 1. The van der Waals surface area contributed by atoms with Crippen molar-refractivity contribution in [2.45, 2.75) is 0 Å². The summed E-state index contributed by atoms with van der Waals surface area (Å²) in [6, 6.07) is 3.53. The lowest BCUT2D eigenvalue weighted by molar-refractivity contribution is -0.135. The van der Waals surface area contributed by atoms with Crippen LogP contribution in [0.25, 0.3) is 0 Å². The van der Waals surface area contributed by atoms with Crippen molar-refractivity contribution in [2.75, 3.05) is 6.54 Å². The first kappa shape index (κ1) is 8.52. The van der Waals surface area contributed by atoms with E-state index >= 15 is 0 Å². The van der Waals surface area contributed by atoms with E-state index in [1.807, 2.05) is 24.0 Å². The summed E-state index contributed by atoms with van der Waals surface area (Å²) < 4.78 is 1.86. The number of aromatic nitrogens is 1. The summed E-state index contributed by atoms with van der Waals surface area (Å²) in [7, 11) is 1.89. The van der Waals surface area contributed by atoms with Crippen LogP contribution < -0.4 is 5.36 Å². The Morgan fingerprint density at radius 2 is 2.17 bits per heavy atom. The van der Waals surface area contributed by atoms with Gasteiger partial charge in [-0.3, -0.25) is 9.79 Å². The molecule has 0 amide bonds. The van der Waals surface area contributed by atoms with Crippen molar-refractivity contribution < 1.29 is 9.90 Å². The second kappa shape index (κ2) is 3.71. The van der Waals surface area contributed by atoms with Crippen molar-refractivity contribution in [3.63, 3.8) is 0 Å². The van der Waals surface area contributed by atoms with Crippen LogP contribution in [0, 0.1) is 0 Å².